The van der Waals surface area contributed by atoms with Gasteiger partial charge in [0.2, 0.25) is 0 Å². The highest BCUT2D eigenvalue weighted by molar-refractivity contribution is 7.21. The summed E-state index contributed by atoms with van der Waals surface area (Å²) in [4.78, 5) is 12.9. The molecule has 0 amide bonds. The number of fused-ring (bicyclic) bond motifs is 1. The Balaban J connectivity index is 2.03. The second-order valence-electron chi connectivity index (χ2n) is 4.24. The highest BCUT2D eigenvalue weighted by Crippen LogP contribution is 2.30. The average Bonchev–Trinajstić information content (AvgIpc) is 2.96. The second kappa shape index (κ2) is 4.08. The standard InChI is InChI=1S/C14H11FOS/c15-11-6-5-10-7-13(17-12(10)8-11)14(16)9-3-1-2-4-9/h3,5-8H,1-2,4H2. The summed E-state index contributed by atoms with van der Waals surface area (Å²) >= 11 is 1.38. The van der Waals surface area contributed by atoms with Crippen LogP contribution in [-0.4, -0.2) is 5.78 Å². The first-order valence-corrected chi connectivity index (χ1v) is 6.48. The van der Waals surface area contributed by atoms with E-state index in [4.69, 9.17) is 0 Å². The van der Waals surface area contributed by atoms with E-state index in [2.05, 4.69) is 0 Å². The summed E-state index contributed by atoms with van der Waals surface area (Å²) in [5.41, 5.74) is 0.914. The summed E-state index contributed by atoms with van der Waals surface area (Å²) in [6, 6.07) is 6.50. The molecule has 0 N–H and O–H groups in total. The number of ketones is 1. The number of thiophene rings is 1. The van der Waals surface area contributed by atoms with Gasteiger partial charge in [0.15, 0.2) is 5.78 Å². The van der Waals surface area contributed by atoms with Gasteiger partial charge in [0.05, 0.1) is 4.88 Å². The minimum Gasteiger partial charge on any atom is -0.288 e. The van der Waals surface area contributed by atoms with E-state index in [1.807, 2.05) is 12.1 Å². The Bertz CT molecular complexity index is 624. The van der Waals surface area contributed by atoms with Crippen molar-refractivity contribution in [3.05, 3.63) is 46.6 Å². The number of carbonyl (C=O) groups excluding carboxylic acids is 1. The van der Waals surface area contributed by atoms with Crippen LogP contribution in [0.5, 0.6) is 0 Å². The first-order valence-electron chi connectivity index (χ1n) is 5.67. The first-order chi connectivity index (χ1) is 8.24. The summed E-state index contributed by atoms with van der Waals surface area (Å²) < 4.78 is 13.9. The van der Waals surface area contributed by atoms with Gasteiger partial charge >= 0.3 is 0 Å². The van der Waals surface area contributed by atoms with Crippen LogP contribution in [0.3, 0.4) is 0 Å². The molecule has 1 aromatic heterocycles. The van der Waals surface area contributed by atoms with E-state index < -0.39 is 0 Å². The zero-order chi connectivity index (χ0) is 11.8. The number of Topliss-reactive ketones (excluding diaryl/α,β-unsaturated/α-hetero) is 1. The third-order valence-corrected chi connectivity index (χ3v) is 4.14. The molecule has 0 bridgehead atoms. The van der Waals surface area contributed by atoms with Crippen LogP contribution in [0.1, 0.15) is 28.9 Å². The Morgan fingerprint density at radius 3 is 2.94 bits per heavy atom. The van der Waals surface area contributed by atoms with Gasteiger partial charge in [-0.05, 0) is 48.4 Å². The zero-order valence-electron chi connectivity index (χ0n) is 9.20. The number of benzene rings is 1. The van der Waals surface area contributed by atoms with Crippen molar-refractivity contribution >= 4 is 27.2 Å². The zero-order valence-corrected chi connectivity index (χ0v) is 10.0. The molecule has 86 valence electrons. The van der Waals surface area contributed by atoms with Crippen LogP contribution in [0.4, 0.5) is 4.39 Å². The van der Waals surface area contributed by atoms with E-state index in [0.717, 1.165) is 39.8 Å². The summed E-state index contributed by atoms with van der Waals surface area (Å²) in [6.45, 7) is 0. The van der Waals surface area contributed by atoms with Crippen molar-refractivity contribution in [1.82, 2.24) is 0 Å². The molecule has 1 aliphatic carbocycles. The maximum atomic E-state index is 13.1. The quantitative estimate of drug-likeness (QED) is 0.721. The molecule has 0 saturated carbocycles. The van der Waals surface area contributed by atoms with Gasteiger partial charge in [-0.2, -0.15) is 0 Å². The average molecular weight is 246 g/mol. The summed E-state index contributed by atoms with van der Waals surface area (Å²) in [5, 5.41) is 0.943. The maximum Gasteiger partial charge on any atom is 0.198 e. The molecule has 3 rings (SSSR count). The molecule has 1 nitrogen and oxygen atoms in total. The number of carbonyl (C=O) groups is 1. The molecule has 0 fully saturated rings. The number of hydrogen-bond donors (Lipinski definition) is 0. The molecule has 0 aliphatic heterocycles. The van der Waals surface area contributed by atoms with E-state index in [1.165, 1.54) is 23.5 Å². The lowest BCUT2D eigenvalue weighted by Crippen LogP contribution is -1.97. The summed E-state index contributed by atoms with van der Waals surface area (Å²) in [7, 11) is 0. The van der Waals surface area contributed by atoms with Crippen LogP contribution < -0.4 is 0 Å². The number of rotatable bonds is 2. The van der Waals surface area contributed by atoms with Crippen molar-refractivity contribution in [3.8, 4) is 0 Å². The molecule has 2 aromatic rings. The maximum absolute atomic E-state index is 13.1. The van der Waals surface area contributed by atoms with Crippen molar-refractivity contribution in [2.45, 2.75) is 19.3 Å². The van der Waals surface area contributed by atoms with Crippen LogP contribution in [0.2, 0.25) is 0 Å². The normalized spacial score (nSPS) is 15.2. The van der Waals surface area contributed by atoms with Gasteiger partial charge in [-0.25, -0.2) is 4.39 Å². The van der Waals surface area contributed by atoms with Gasteiger partial charge in [0.1, 0.15) is 5.82 Å². The smallest absolute Gasteiger partial charge is 0.198 e. The van der Waals surface area contributed by atoms with Crippen LogP contribution >= 0.6 is 11.3 Å². The predicted molar refractivity (Wildman–Crippen MR) is 68.0 cm³/mol. The molecule has 0 spiro atoms. The highest BCUT2D eigenvalue weighted by Gasteiger charge is 2.17. The molecule has 0 atom stereocenters. The third kappa shape index (κ3) is 1.91. The van der Waals surface area contributed by atoms with E-state index in [0.29, 0.717) is 0 Å². The summed E-state index contributed by atoms with van der Waals surface area (Å²) in [6.07, 6.45) is 4.97. The second-order valence-corrected chi connectivity index (χ2v) is 5.33. The van der Waals surface area contributed by atoms with E-state index >= 15 is 0 Å². The van der Waals surface area contributed by atoms with E-state index in [1.54, 1.807) is 6.07 Å². The largest absolute Gasteiger partial charge is 0.288 e. The van der Waals surface area contributed by atoms with Gasteiger partial charge in [0.25, 0.3) is 0 Å². The highest BCUT2D eigenvalue weighted by atomic mass is 32.1. The van der Waals surface area contributed by atoms with Crippen LogP contribution in [0.25, 0.3) is 10.1 Å². The minimum atomic E-state index is -0.251. The van der Waals surface area contributed by atoms with Gasteiger partial charge in [-0.1, -0.05) is 12.1 Å². The van der Waals surface area contributed by atoms with E-state index in [9.17, 15) is 9.18 Å². The molecule has 0 radical (unpaired) electrons. The molecule has 0 unspecified atom stereocenters. The van der Waals surface area contributed by atoms with Crippen molar-refractivity contribution < 1.29 is 9.18 Å². The third-order valence-electron chi connectivity index (χ3n) is 3.04. The van der Waals surface area contributed by atoms with Crippen LogP contribution in [0.15, 0.2) is 35.9 Å². The summed E-state index contributed by atoms with van der Waals surface area (Å²) in [5.74, 6) is -0.137. The van der Waals surface area contributed by atoms with E-state index in [-0.39, 0.29) is 11.6 Å². The lowest BCUT2D eigenvalue weighted by Gasteiger charge is -1.96. The minimum absolute atomic E-state index is 0.115. The topological polar surface area (TPSA) is 17.1 Å². The molecular weight excluding hydrogens is 235 g/mol. The molecule has 3 heteroatoms. The SMILES string of the molecule is O=C(C1=CCCC1)c1cc2ccc(F)cc2s1. The molecule has 1 aromatic carbocycles. The van der Waals surface area contributed by atoms with Crippen LogP contribution in [-0.2, 0) is 0 Å². The molecule has 17 heavy (non-hydrogen) atoms. The molecule has 1 heterocycles. The predicted octanol–water partition coefficient (Wildman–Crippen LogP) is 4.33. The first kappa shape index (κ1) is 10.7. The Hall–Kier alpha value is -1.48. The monoisotopic (exact) mass is 246 g/mol. The molecule has 1 aliphatic rings. The Morgan fingerprint density at radius 1 is 1.29 bits per heavy atom. The van der Waals surface area contributed by atoms with Gasteiger partial charge in [0, 0.05) is 4.70 Å². The number of halogens is 1. The fourth-order valence-electron chi connectivity index (χ4n) is 2.15. The molecular formula is C14H11FOS. The lowest BCUT2D eigenvalue weighted by molar-refractivity contribution is 0.103. The van der Waals surface area contributed by atoms with Gasteiger partial charge < -0.3 is 0 Å². The van der Waals surface area contributed by atoms with Gasteiger partial charge in [-0.15, -0.1) is 11.3 Å². The fraction of sp³-hybridized carbons (Fsp3) is 0.214. The molecule has 0 saturated heterocycles. The Morgan fingerprint density at radius 2 is 2.18 bits per heavy atom. The fourth-order valence-corrected chi connectivity index (χ4v) is 3.22. The number of allylic oxidation sites excluding steroid dienone is 2. The Kier molecular flexibility index (Phi) is 2.56. The van der Waals surface area contributed by atoms with Crippen LogP contribution in [0, 0.1) is 5.82 Å². The van der Waals surface area contributed by atoms with Crippen molar-refractivity contribution in [3.63, 3.8) is 0 Å². The van der Waals surface area contributed by atoms with Crippen molar-refractivity contribution in [2.75, 3.05) is 0 Å². The van der Waals surface area contributed by atoms with Crippen molar-refractivity contribution in [1.29, 1.82) is 0 Å². The van der Waals surface area contributed by atoms with Gasteiger partial charge in [-0.3, -0.25) is 4.79 Å². The number of hydrogen-bond acceptors (Lipinski definition) is 2. The lowest BCUT2D eigenvalue weighted by atomic mass is 10.1. The Labute approximate surface area is 103 Å². The van der Waals surface area contributed by atoms with Crippen molar-refractivity contribution in [2.24, 2.45) is 0 Å².